The molecule has 0 bridgehead atoms. The van der Waals surface area contributed by atoms with Crippen molar-refractivity contribution in [2.24, 2.45) is 0 Å². The van der Waals surface area contributed by atoms with Crippen molar-refractivity contribution in [2.75, 3.05) is 0 Å². The Morgan fingerprint density at radius 2 is 2.05 bits per heavy atom. The summed E-state index contributed by atoms with van der Waals surface area (Å²) in [5, 5.41) is 2.51. The van der Waals surface area contributed by atoms with E-state index in [1.807, 2.05) is 0 Å². The fourth-order valence-corrected chi connectivity index (χ4v) is 1.54. The van der Waals surface area contributed by atoms with Crippen molar-refractivity contribution in [2.45, 2.75) is 12.7 Å². The normalized spacial score (nSPS) is 11.3. The van der Waals surface area contributed by atoms with Crippen LogP contribution in [0.5, 0.6) is 0 Å². The molecule has 100 valence electrons. The van der Waals surface area contributed by atoms with Gasteiger partial charge < -0.3 is 9.73 Å². The molecule has 1 heterocycles. The third-order valence-corrected chi connectivity index (χ3v) is 2.49. The summed E-state index contributed by atoms with van der Waals surface area (Å²) in [6, 6.07) is 6.30. The highest BCUT2D eigenvalue weighted by atomic mass is 19.4. The van der Waals surface area contributed by atoms with Gasteiger partial charge in [0.15, 0.2) is 0 Å². The topological polar surface area (TPSA) is 42.2 Å². The van der Waals surface area contributed by atoms with Crippen LogP contribution in [-0.2, 0) is 12.7 Å². The van der Waals surface area contributed by atoms with Crippen molar-refractivity contribution in [1.29, 1.82) is 0 Å². The standard InChI is InChI=1S/C13H10F3NO2/c14-13(15,16)11-3-1-2-9(6-11)7-17-12(18)10-4-5-19-8-10/h1-6,8H,7H2,(H,17,18). The Bertz CT molecular complexity index is 562. The molecule has 0 saturated heterocycles. The van der Waals surface area contributed by atoms with Gasteiger partial charge in [-0.1, -0.05) is 12.1 Å². The molecule has 2 rings (SSSR count). The van der Waals surface area contributed by atoms with Crippen LogP contribution in [0.2, 0.25) is 0 Å². The van der Waals surface area contributed by atoms with Gasteiger partial charge in [0, 0.05) is 6.54 Å². The quantitative estimate of drug-likeness (QED) is 0.929. The zero-order valence-electron chi connectivity index (χ0n) is 9.70. The Labute approximate surface area is 107 Å². The number of halogens is 3. The van der Waals surface area contributed by atoms with Gasteiger partial charge in [-0.15, -0.1) is 0 Å². The van der Waals surface area contributed by atoms with Gasteiger partial charge >= 0.3 is 6.18 Å². The molecule has 0 aliphatic heterocycles. The number of carbonyl (C=O) groups excluding carboxylic acids is 1. The SMILES string of the molecule is O=C(NCc1cccc(C(F)(F)F)c1)c1ccoc1. The molecule has 0 aliphatic rings. The molecule has 1 amide bonds. The van der Waals surface area contributed by atoms with E-state index >= 15 is 0 Å². The van der Waals surface area contributed by atoms with E-state index in [2.05, 4.69) is 5.32 Å². The number of alkyl halides is 3. The predicted molar refractivity (Wildman–Crippen MR) is 61.3 cm³/mol. The number of rotatable bonds is 3. The molecule has 2 aromatic rings. The third kappa shape index (κ3) is 3.37. The highest BCUT2D eigenvalue weighted by molar-refractivity contribution is 5.93. The van der Waals surface area contributed by atoms with E-state index < -0.39 is 17.6 Å². The molecule has 1 aromatic heterocycles. The molecule has 3 nitrogen and oxygen atoms in total. The fourth-order valence-electron chi connectivity index (χ4n) is 1.54. The van der Waals surface area contributed by atoms with Crippen LogP contribution in [0.4, 0.5) is 13.2 Å². The maximum Gasteiger partial charge on any atom is 0.416 e. The third-order valence-electron chi connectivity index (χ3n) is 2.49. The molecule has 0 saturated carbocycles. The monoisotopic (exact) mass is 269 g/mol. The molecule has 19 heavy (non-hydrogen) atoms. The Balaban J connectivity index is 2.02. The molecule has 1 N–H and O–H groups in total. The largest absolute Gasteiger partial charge is 0.472 e. The minimum Gasteiger partial charge on any atom is -0.472 e. The van der Waals surface area contributed by atoms with E-state index in [9.17, 15) is 18.0 Å². The second kappa shape index (κ2) is 5.17. The minimum absolute atomic E-state index is 0.0218. The molecule has 1 aromatic carbocycles. The fraction of sp³-hybridized carbons (Fsp3) is 0.154. The zero-order chi connectivity index (χ0) is 13.9. The molecule has 0 unspecified atom stereocenters. The van der Waals surface area contributed by atoms with E-state index in [1.165, 1.54) is 30.7 Å². The zero-order valence-corrected chi connectivity index (χ0v) is 9.70. The predicted octanol–water partition coefficient (Wildman–Crippen LogP) is 3.23. The average Bonchev–Trinajstić information content (AvgIpc) is 2.89. The lowest BCUT2D eigenvalue weighted by atomic mass is 10.1. The number of benzene rings is 1. The van der Waals surface area contributed by atoms with Crippen LogP contribution in [0.1, 0.15) is 21.5 Å². The van der Waals surface area contributed by atoms with Gasteiger partial charge in [0.1, 0.15) is 6.26 Å². The van der Waals surface area contributed by atoms with Gasteiger partial charge in [-0.25, -0.2) is 0 Å². The number of carbonyl (C=O) groups is 1. The molecule has 0 radical (unpaired) electrons. The van der Waals surface area contributed by atoms with Crippen LogP contribution < -0.4 is 5.32 Å². The van der Waals surface area contributed by atoms with E-state index in [1.54, 1.807) is 0 Å². The highest BCUT2D eigenvalue weighted by Crippen LogP contribution is 2.29. The van der Waals surface area contributed by atoms with E-state index in [-0.39, 0.29) is 6.54 Å². The first-order valence-corrected chi connectivity index (χ1v) is 5.43. The Morgan fingerprint density at radius 3 is 2.68 bits per heavy atom. The maximum absolute atomic E-state index is 12.5. The van der Waals surface area contributed by atoms with Crippen LogP contribution in [0.15, 0.2) is 47.3 Å². The van der Waals surface area contributed by atoms with Gasteiger partial charge in [0.2, 0.25) is 0 Å². The van der Waals surface area contributed by atoms with Crippen molar-refractivity contribution in [1.82, 2.24) is 5.32 Å². The second-order valence-corrected chi connectivity index (χ2v) is 3.89. The van der Waals surface area contributed by atoms with Gasteiger partial charge in [-0.2, -0.15) is 13.2 Å². The molecule has 0 spiro atoms. The van der Waals surface area contributed by atoms with Gasteiger partial charge in [0.25, 0.3) is 5.91 Å². The van der Waals surface area contributed by atoms with Crippen LogP contribution in [0, 0.1) is 0 Å². The molecule has 0 atom stereocenters. The lowest BCUT2D eigenvalue weighted by Crippen LogP contribution is -2.22. The molecule has 6 heteroatoms. The first-order valence-electron chi connectivity index (χ1n) is 5.43. The van der Waals surface area contributed by atoms with Crippen molar-refractivity contribution < 1.29 is 22.4 Å². The van der Waals surface area contributed by atoms with Crippen LogP contribution >= 0.6 is 0 Å². The Morgan fingerprint density at radius 1 is 1.26 bits per heavy atom. The van der Waals surface area contributed by atoms with E-state index in [4.69, 9.17) is 4.42 Å². The highest BCUT2D eigenvalue weighted by Gasteiger charge is 2.30. The molecule has 0 aliphatic carbocycles. The van der Waals surface area contributed by atoms with Crippen molar-refractivity contribution in [3.8, 4) is 0 Å². The molecular weight excluding hydrogens is 259 g/mol. The summed E-state index contributed by atoms with van der Waals surface area (Å²) in [5.41, 5.74) is -0.0267. The lowest BCUT2D eigenvalue weighted by Gasteiger charge is -2.09. The number of nitrogens with one attached hydrogen (secondary N) is 1. The summed E-state index contributed by atoms with van der Waals surface area (Å²) < 4.78 is 42.2. The van der Waals surface area contributed by atoms with Crippen LogP contribution in [0.25, 0.3) is 0 Å². The Kier molecular flexibility index (Phi) is 3.59. The first kappa shape index (κ1) is 13.2. The van der Waals surface area contributed by atoms with Crippen molar-refractivity contribution in [3.05, 3.63) is 59.5 Å². The van der Waals surface area contributed by atoms with Gasteiger partial charge in [0.05, 0.1) is 17.4 Å². The van der Waals surface area contributed by atoms with Gasteiger partial charge in [-0.05, 0) is 23.8 Å². The summed E-state index contributed by atoms with van der Waals surface area (Å²) in [4.78, 5) is 11.6. The van der Waals surface area contributed by atoms with E-state index in [0.29, 0.717) is 11.1 Å². The summed E-state index contributed by atoms with van der Waals surface area (Å²) in [6.45, 7) is 0.0218. The summed E-state index contributed by atoms with van der Waals surface area (Å²) >= 11 is 0. The summed E-state index contributed by atoms with van der Waals surface area (Å²) in [5.74, 6) is -0.397. The first-order chi connectivity index (χ1) is 8.97. The number of hydrogen-bond donors (Lipinski definition) is 1. The van der Waals surface area contributed by atoms with E-state index in [0.717, 1.165) is 12.1 Å². The van der Waals surface area contributed by atoms with Crippen molar-refractivity contribution >= 4 is 5.91 Å². The summed E-state index contributed by atoms with van der Waals surface area (Å²) in [6.07, 6.45) is -1.77. The maximum atomic E-state index is 12.5. The average molecular weight is 269 g/mol. The van der Waals surface area contributed by atoms with Crippen molar-refractivity contribution in [3.63, 3.8) is 0 Å². The van der Waals surface area contributed by atoms with Crippen LogP contribution in [-0.4, -0.2) is 5.91 Å². The number of hydrogen-bond acceptors (Lipinski definition) is 2. The number of furan rings is 1. The molecule has 0 fully saturated rings. The van der Waals surface area contributed by atoms with Gasteiger partial charge in [-0.3, -0.25) is 4.79 Å². The lowest BCUT2D eigenvalue weighted by molar-refractivity contribution is -0.137. The Hall–Kier alpha value is -2.24. The number of amides is 1. The molecular formula is C13H10F3NO2. The summed E-state index contributed by atoms with van der Waals surface area (Å²) in [7, 11) is 0. The van der Waals surface area contributed by atoms with Crippen LogP contribution in [0.3, 0.4) is 0 Å². The smallest absolute Gasteiger partial charge is 0.416 e. The second-order valence-electron chi connectivity index (χ2n) is 3.89. The minimum atomic E-state index is -4.38.